The molecule has 0 amide bonds. The summed E-state index contributed by atoms with van der Waals surface area (Å²) in [7, 11) is 0. The number of aryl methyl sites for hydroxylation is 1. The highest BCUT2D eigenvalue weighted by atomic mass is 16.8. The Morgan fingerprint density at radius 1 is 0.977 bits per heavy atom. The van der Waals surface area contributed by atoms with Crippen LogP contribution in [0.1, 0.15) is 43.4 Å². The second-order valence-corrected chi connectivity index (χ2v) is 12.8. The first-order chi connectivity index (χ1) is 21.1. The molecule has 2 saturated heterocycles. The van der Waals surface area contributed by atoms with Gasteiger partial charge in [-0.05, 0) is 72.2 Å². The first-order valence-corrected chi connectivity index (χ1v) is 15.3. The summed E-state index contributed by atoms with van der Waals surface area (Å²) >= 11 is 0. The summed E-state index contributed by atoms with van der Waals surface area (Å²) in [6.07, 6.45) is 0.724. The summed E-state index contributed by atoms with van der Waals surface area (Å²) < 4.78 is 23.6. The molecule has 0 radical (unpaired) electrons. The van der Waals surface area contributed by atoms with Gasteiger partial charge in [-0.2, -0.15) is 0 Å². The minimum atomic E-state index is -0.771. The molecule has 2 aliphatic rings. The number of oxazole rings is 1. The Balaban J connectivity index is 0.994. The van der Waals surface area contributed by atoms with E-state index >= 15 is 0 Å². The molecule has 8 nitrogen and oxygen atoms in total. The molecule has 2 aliphatic heterocycles. The zero-order chi connectivity index (χ0) is 30.8. The lowest BCUT2D eigenvalue weighted by molar-refractivity contribution is -0.142. The van der Waals surface area contributed by atoms with Gasteiger partial charge < -0.3 is 23.7 Å². The maximum absolute atomic E-state index is 12.1. The van der Waals surface area contributed by atoms with Crippen LogP contribution in [0, 0.1) is 18.8 Å². The molecule has 4 atom stereocenters. The van der Waals surface area contributed by atoms with Crippen LogP contribution in [0.5, 0.6) is 11.5 Å². The number of benzene rings is 3. The van der Waals surface area contributed by atoms with E-state index in [1.807, 2.05) is 61.5 Å². The fourth-order valence-electron chi connectivity index (χ4n) is 5.85. The van der Waals surface area contributed by atoms with Crippen LogP contribution >= 0.6 is 0 Å². The molecule has 6 rings (SSSR count). The first-order valence-electron chi connectivity index (χ1n) is 15.3. The third kappa shape index (κ3) is 6.98. The third-order valence-electron chi connectivity index (χ3n) is 8.49. The van der Waals surface area contributed by atoms with E-state index in [1.54, 1.807) is 0 Å². The van der Waals surface area contributed by atoms with E-state index < -0.39 is 11.9 Å². The lowest BCUT2D eigenvalue weighted by atomic mass is 9.87. The van der Waals surface area contributed by atoms with Gasteiger partial charge in [0.1, 0.15) is 17.3 Å². The lowest BCUT2D eigenvalue weighted by Gasteiger charge is -2.18. The molecular weight excluding hydrogens is 556 g/mol. The summed E-state index contributed by atoms with van der Waals surface area (Å²) in [5, 5.41) is 9.91. The summed E-state index contributed by atoms with van der Waals surface area (Å²) in [5.74, 6) is 1.69. The second kappa shape index (κ2) is 12.5. The van der Waals surface area contributed by atoms with Crippen molar-refractivity contribution in [2.75, 3.05) is 19.7 Å². The fraction of sp³-hybridized carbons (Fsp3) is 0.389. The van der Waals surface area contributed by atoms with Crippen molar-refractivity contribution < 1.29 is 28.5 Å². The Kier molecular flexibility index (Phi) is 8.47. The Morgan fingerprint density at radius 2 is 1.70 bits per heavy atom. The molecule has 44 heavy (non-hydrogen) atoms. The van der Waals surface area contributed by atoms with Crippen molar-refractivity contribution in [1.29, 1.82) is 0 Å². The second-order valence-electron chi connectivity index (χ2n) is 12.8. The number of hydrogen-bond acceptors (Lipinski definition) is 7. The summed E-state index contributed by atoms with van der Waals surface area (Å²) in [6.45, 7) is 10.1. The van der Waals surface area contributed by atoms with E-state index in [0.29, 0.717) is 38.4 Å². The third-order valence-corrected chi connectivity index (χ3v) is 8.49. The van der Waals surface area contributed by atoms with E-state index in [2.05, 4.69) is 49.9 Å². The number of carboxylic acids is 1. The number of hydrogen-bond donors (Lipinski definition) is 1. The van der Waals surface area contributed by atoms with E-state index in [9.17, 15) is 9.90 Å². The Bertz CT molecular complexity index is 1560. The standard InChI is InChI=1S/C36H40N2O6/c1-23-31(37-32(42-23)25-12-14-27(15-13-25)36(2,3)4)18-19-41-28-16-10-24(11-17-28)20-26-21-38(22-30(26)34(39)40)33-35(44-33)43-29-8-6-5-7-9-29/h5-17,26,30,33,35H,18-22H2,1-4H3,(H,39,40)/t26-,30+,33?,35?/m1/s1. The molecule has 0 spiro atoms. The number of carbonyl (C=O) groups is 1. The molecule has 230 valence electrons. The largest absolute Gasteiger partial charge is 0.493 e. The number of likely N-dealkylation sites (tertiary alicyclic amines) is 1. The number of aliphatic carboxylic acids is 1. The van der Waals surface area contributed by atoms with Gasteiger partial charge in [-0.15, -0.1) is 0 Å². The van der Waals surface area contributed by atoms with Crippen LogP contribution in [0.4, 0.5) is 0 Å². The van der Waals surface area contributed by atoms with Gasteiger partial charge in [-0.1, -0.05) is 63.2 Å². The Labute approximate surface area is 258 Å². The van der Waals surface area contributed by atoms with Crippen molar-refractivity contribution in [2.24, 2.45) is 11.8 Å². The number of carboxylic acid groups (broad SMARTS) is 1. The van der Waals surface area contributed by atoms with E-state index in [-0.39, 0.29) is 23.9 Å². The molecule has 2 unspecified atom stereocenters. The van der Waals surface area contributed by atoms with Crippen LogP contribution in [0.25, 0.3) is 11.5 Å². The van der Waals surface area contributed by atoms with Crippen LogP contribution in [0.15, 0.2) is 83.3 Å². The maximum Gasteiger partial charge on any atom is 0.308 e. The summed E-state index contributed by atoms with van der Waals surface area (Å²) in [6, 6.07) is 25.9. The molecule has 8 heteroatoms. The molecule has 0 bridgehead atoms. The SMILES string of the molecule is Cc1oc(-c2ccc(C(C)(C)C)cc2)nc1CCOc1ccc(C[C@@H]2CN(C3OC3Oc3ccccc3)C[C@@H]2C(=O)O)cc1. The Hall–Kier alpha value is -4.14. The van der Waals surface area contributed by atoms with Crippen molar-refractivity contribution >= 4 is 5.97 Å². The number of nitrogens with zero attached hydrogens (tertiary/aromatic N) is 2. The van der Waals surface area contributed by atoms with Gasteiger partial charge in [0, 0.05) is 25.1 Å². The van der Waals surface area contributed by atoms with Crippen molar-refractivity contribution in [3.8, 4) is 23.0 Å². The summed E-state index contributed by atoms with van der Waals surface area (Å²) in [5.41, 5.74) is 4.30. The topological polar surface area (TPSA) is 97.6 Å². The average molecular weight is 597 g/mol. The first kappa shape index (κ1) is 29.9. The lowest BCUT2D eigenvalue weighted by Crippen LogP contribution is -2.28. The Morgan fingerprint density at radius 3 is 2.39 bits per heavy atom. The minimum absolute atomic E-state index is 0.0187. The van der Waals surface area contributed by atoms with Crippen molar-refractivity contribution in [3.63, 3.8) is 0 Å². The van der Waals surface area contributed by atoms with E-state index in [4.69, 9.17) is 23.6 Å². The highest BCUT2D eigenvalue weighted by molar-refractivity contribution is 5.71. The van der Waals surface area contributed by atoms with Crippen LogP contribution in [-0.2, 0) is 27.8 Å². The molecule has 3 heterocycles. The van der Waals surface area contributed by atoms with Gasteiger partial charge in [0.05, 0.1) is 18.2 Å². The average Bonchev–Trinajstić information content (AvgIpc) is 3.47. The predicted molar refractivity (Wildman–Crippen MR) is 167 cm³/mol. The fourth-order valence-corrected chi connectivity index (χ4v) is 5.85. The molecule has 1 N–H and O–H groups in total. The van der Waals surface area contributed by atoms with Crippen molar-refractivity contribution in [1.82, 2.24) is 9.88 Å². The van der Waals surface area contributed by atoms with Crippen LogP contribution in [0.3, 0.4) is 0 Å². The van der Waals surface area contributed by atoms with Gasteiger partial charge in [-0.3, -0.25) is 9.69 Å². The van der Waals surface area contributed by atoms with E-state index in [0.717, 1.165) is 34.1 Å². The van der Waals surface area contributed by atoms with Crippen LogP contribution in [-0.4, -0.2) is 53.2 Å². The van der Waals surface area contributed by atoms with Gasteiger partial charge in [0.25, 0.3) is 0 Å². The molecule has 4 aromatic rings. The highest BCUT2D eigenvalue weighted by Gasteiger charge is 2.51. The number of ether oxygens (including phenoxy) is 3. The number of aromatic nitrogens is 1. The van der Waals surface area contributed by atoms with Gasteiger partial charge in [0.15, 0.2) is 6.23 Å². The van der Waals surface area contributed by atoms with Gasteiger partial charge >= 0.3 is 5.97 Å². The molecule has 0 aliphatic carbocycles. The quantitative estimate of drug-likeness (QED) is 0.196. The molecule has 0 saturated carbocycles. The minimum Gasteiger partial charge on any atom is -0.493 e. The smallest absolute Gasteiger partial charge is 0.308 e. The summed E-state index contributed by atoms with van der Waals surface area (Å²) in [4.78, 5) is 18.9. The van der Waals surface area contributed by atoms with Gasteiger partial charge in [-0.25, -0.2) is 4.98 Å². The molecule has 2 fully saturated rings. The molecule has 1 aromatic heterocycles. The van der Waals surface area contributed by atoms with Gasteiger partial charge in [0.2, 0.25) is 12.2 Å². The number of rotatable bonds is 11. The van der Waals surface area contributed by atoms with E-state index in [1.165, 1.54) is 5.56 Å². The zero-order valence-electron chi connectivity index (χ0n) is 25.7. The van der Waals surface area contributed by atoms with Crippen LogP contribution < -0.4 is 9.47 Å². The molecular formula is C36H40N2O6. The monoisotopic (exact) mass is 596 g/mol. The zero-order valence-corrected chi connectivity index (χ0v) is 25.7. The van der Waals surface area contributed by atoms with Crippen LogP contribution in [0.2, 0.25) is 0 Å². The normalized spacial score (nSPS) is 21.7. The van der Waals surface area contributed by atoms with Crippen molar-refractivity contribution in [3.05, 3.63) is 101 Å². The predicted octanol–water partition coefficient (Wildman–Crippen LogP) is 6.51. The highest BCUT2D eigenvalue weighted by Crippen LogP contribution is 2.36. The van der Waals surface area contributed by atoms with Crippen molar-refractivity contribution in [2.45, 2.75) is 58.5 Å². The number of epoxide rings is 1. The maximum atomic E-state index is 12.1. The molecule has 3 aromatic carbocycles. The number of para-hydroxylation sites is 1.